The molecule has 0 fully saturated rings. The standard InChI is InChI=1S/C23H23N5O4S/c1-16-15-21(17(2)28(16)19-7-4-3-5-8-19)23(30)27-26-22(29)18-9-11-20(12-10-18)33(31,32)25-14-6-13-24/h3-5,7-12,15,25H,6,14H2,1-2H3,(H,26,29)(H,27,30). The second kappa shape index (κ2) is 10.1. The molecular weight excluding hydrogens is 442 g/mol. The maximum atomic E-state index is 12.7. The van der Waals surface area contributed by atoms with Gasteiger partial charge in [-0.25, -0.2) is 13.1 Å². The minimum Gasteiger partial charge on any atom is -0.318 e. The Bertz CT molecular complexity index is 1310. The molecule has 1 aromatic heterocycles. The van der Waals surface area contributed by atoms with E-state index in [1.54, 1.807) is 6.07 Å². The van der Waals surface area contributed by atoms with Gasteiger partial charge in [-0.15, -0.1) is 0 Å². The monoisotopic (exact) mass is 465 g/mol. The van der Waals surface area contributed by atoms with Crippen molar-refractivity contribution < 1.29 is 18.0 Å². The Balaban J connectivity index is 1.66. The van der Waals surface area contributed by atoms with E-state index in [0.717, 1.165) is 17.1 Å². The van der Waals surface area contributed by atoms with Crippen molar-refractivity contribution in [3.63, 3.8) is 0 Å². The van der Waals surface area contributed by atoms with E-state index in [-0.39, 0.29) is 23.4 Å². The molecule has 0 unspecified atom stereocenters. The Morgan fingerprint density at radius 2 is 1.61 bits per heavy atom. The maximum absolute atomic E-state index is 12.7. The third-order valence-electron chi connectivity index (χ3n) is 4.94. The molecule has 2 aromatic carbocycles. The summed E-state index contributed by atoms with van der Waals surface area (Å²) >= 11 is 0. The lowest BCUT2D eigenvalue weighted by Crippen LogP contribution is -2.41. The summed E-state index contributed by atoms with van der Waals surface area (Å²) in [6, 6.07) is 18.4. The van der Waals surface area contributed by atoms with Gasteiger partial charge in [0.25, 0.3) is 11.8 Å². The van der Waals surface area contributed by atoms with E-state index in [1.807, 2.05) is 54.8 Å². The Morgan fingerprint density at radius 3 is 2.24 bits per heavy atom. The first-order chi connectivity index (χ1) is 15.7. The second-order valence-electron chi connectivity index (χ2n) is 7.19. The van der Waals surface area contributed by atoms with Crippen LogP contribution in [0.2, 0.25) is 0 Å². The van der Waals surface area contributed by atoms with Crippen LogP contribution in [0.15, 0.2) is 65.6 Å². The molecule has 0 saturated carbocycles. The van der Waals surface area contributed by atoms with Gasteiger partial charge in [-0.3, -0.25) is 20.4 Å². The summed E-state index contributed by atoms with van der Waals surface area (Å²) in [7, 11) is -3.77. The number of carbonyl (C=O) groups is 2. The van der Waals surface area contributed by atoms with Crippen LogP contribution in [0.4, 0.5) is 0 Å². The molecular formula is C23H23N5O4S. The summed E-state index contributed by atoms with van der Waals surface area (Å²) in [5.41, 5.74) is 7.85. The number of hydrogen-bond acceptors (Lipinski definition) is 5. The fraction of sp³-hybridized carbons (Fsp3) is 0.174. The first-order valence-corrected chi connectivity index (χ1v) is 11.5. The van der Waals surface area contributed by atoms with Crippen LogP contribution in [-0.2, 0) is 10.0 Å². The highest BCUT2D eigenvalue weighted by atomic mass is 32.2. The lowest BCUT2D eigenvalue weighted by Gasteiger charge is -2.11. The summed E-state index contributed by atoms with van der Waals surface area (Å²) in [4.78, 5) is 25.0. The van der Waals surface area contributed by atoms with E-state index in [9.17, 15) is 18.0 Å². The summed E-state index contributed by atoms with van der Waals surface area (Å²) in [5.74, 6) is -1.07. The van der Waals surface area contributed by atoms with Crippen molar-refractivity contribution in [2.45, 2.75) is 25.2 Å². The van der Waals surface area contributed by atoms with Gasteiger partial charge in [0.15, 0.2) is 0 Å². The highest BCUT2D eigenvalue weighted by Crippen LogP contribution is 2.20. The van der Waals surface area contributed by atoms with Gasteiger partial charge in [0, 0.05) is 35.6 Å². The molecule has 0 radical (unpaired) electrons. The number of aromatic nitrogens is 1. The Labute approximate surface area is 192 Å². The number of hydrazine groups is 1. The van der Waals surface area contributed by atoms with E-state index in [2.05, 4.69) is 15.6 Å². The second-order valence-corrected chi connectivity index (χ2v) is 8.96. The molecule has 0 spiro atoms. The quantitative estimate of drug-likeness (QED) is 0.364. The van der Waals surface area contributed by atoms with Crippen LogP contribution < -0.4 is 15.6 Å². The summed E-state index contributed by atoms with van der Waals surface area (Å²) in [5, 5.41) is 8.52. The predicted molar refractivity (Wildman–Crippen MR) is 122 cm³/mol. The molecule has 0 aliphatic rings. The van der Waals surface area contributed by atoms with Gasteiger partial charge >= 0.3 is 0 Å². The lowest BCUT2D eigenvalue weighted by molar-refractivity contribution is 0.0846. The number of aryl methyl sites for hydroxylation is 1. The van der Waals surface area contributed by atoms with Crippen molar-refractivity contribution >= 4 is 21.8 Å². The third kappa shape index (κ3) is 5.46. The molecule has 3 N–H and O–H groups in total. The van der Waals surface area contributed by atoms with E-state index in [1.165, 1.54) is 24.3 Å². The van der Waals surface area contributed by atoms with Crippen molar-refractivity contribution in [1.82, 2.24) is 20.1 Å². The van der Waals surface area contributed by atoms with Crippen molar-refractivity contribution in [3.05, 3.63) is 83.2 Å². The number of nitriles is 1. The zero-order valence-electron chi connectivity index (χ0n) is 18.1. The number of nitrogens with zero attached hydrogens (tertiary/aromatic N) is 2. The van der Waals surface area contributed by atoms with E-state index in [4.69, 9.17) is 5.26 Å². The summed E-state index contributed by atoms with van der Waals surface area (Å²) < 4.78 is 28.5. The number of para-hydroxylation sites is 1. The minimum atomic E-state index is -3.77. The summed E-state index contributed by atoms with van der Waals surface area (Å²) in [6.45, 7) is 3.71. The minimum absolute atomic E-state index is 0.00199. The van der Waals surface area contributed by atoms with E-state index < -0.39 is 21.8 Å². The number of amides is 2. The van der Waals surface area contributed by atoms with Gasteiger partial charge < -0.3 is 4.57 Å². The Morgan fingerprint density at radius 1 is 0.970 bits per heavy atom. The predicted octanol–water partition coefficient (Wildman–Crippen LogP) is 2.36. The number of hydrogen-bond donors (Lipinski definition) is 3. The molecule has 0 aliphatic heterocycles. The van der Waals surface area contributed by atoms with E-state index >= 15 is 0 Å². The SMILES string of the molecule is Cc1cc(C(=O)NNC(=O)c2ccc(S(=O)(=O)NCCC#N)cc2)c(C)n1-c1ccccc1. The molecule has 2 amide bonds. The number of benzene rings is 2. The molecule has 0 atom stereocenters. The number of nitrogens with one attached hydrogen (secondary N) is 3. The van der Waals surface area contributed by atoms with Crippen LogP contribution in [0.3, 0.4) is 0 Å². The first kappa shape index (κ1) is 23.7. The van der Waals surface area contributed by atoms with Crippen LogP contribution >= 0.6 is 0 Å². The van der Waals surface area contributed by atoms with Gasteiger partial charge in [0.1, 0.15) is 0 Å². The maximum Gasteiger partial charge on any atom is 0.271 e. The highest BCUT2D eigenvalue weighted by molar-refractivity contribution is 7.89. The molecule has 33 heavy (non-hydrogen) atoms. The third-order valence-corrected chi connectivity index (χ3v) is 6.41. The molecule has 1 heterocycles. The van der Waals surface area contributed by atoms with Gasteiger partial charge in [0.05, 0.1) is 16.5 Å². The van der Waals surface area contributed by atoms with Crippen molar-refractivity contribution in [1.29, 1.82) is 5.26 Å². The average Bonchev–Trinajstić information content (AvgIpc) is 3.11. The Kier molecular flexibility index (Phi) is 7.27. The van der Waals surface area contributed by atoms with Crippen LogP contribution in [0.1, 0.15) is 38.5 Å². The fourth-order valence-electron chi connectivity index (χ4n) is 3.33. The fourth-order valence-corrected chi connectivity index (χ4v) is 4.36. The van der Waals surface area contributed by atoms with Gasteiger partial charge in [-0.1, -0.05) is 18.2 Å². The van der Waals surface area contributed by atoms with Gasteiger partial charge in [-0.05, 0) is 56.3 Å². The van der Waals surface area contributed by atoms with Crippen LogP contribution in [0.25, 0.3) is 5.69 Å². The molecule has 9 nitrogen and oxygen atoms in total. The normalized spacial score (nSPS) is 10.9. The van der Waals surface area contributed by atoms with Crippen molar-refractivity contribution in [3.8, 4) is 11.8 Å². The molecule has 0 aliphatic carbocycles. The van der Waals surface area contributed by atoms with Crippen molar-refractivity contribution in [2.24, 2.45) is 0 Å². The topological polar surface area (TPSA) is 133 Å². The lowest BCUT2D eigenvalue weighted by atomic mass is 10.2. The number of carbonyl (C=O) groups excluding carboxylic acids is 2. The number of rotatable bonds is 7. The average molecular weight is 466 g/mol. The highest BCUT2D eigenvalue weighted by Gasteiger charge is 2.18. The zero-order chi connectivity index (χ0) is 24.0. The smallest absolute Gasteiger partial charge is 0.271 e. The van der Waals surface area contributed by atoms with Gasteiger partial charge in [-0.2, -0.15) is 5.26 Å². The summed E-state index contributed by atoms with van der Waals surface area (Å²) in [6.07, 6.45) is 0.0488. The van der Waals surface area contributed by atoms with Crippen molar-refractivity contribution in [2.75, 3.05) is 6.54 Å². The van der Waals surface area contributed by atoms with Crippen LogP contribution in [-0.4, -0.2) is 31.3 Å². The molecule has 3 aromatic rings. The molecule has 0 saturated heterocycles. The van der Waals surface area contributed by atoms with E-state index in [0.29, 0.717) is 5.56 Å². The zero-order valence-corrected chi connectivity index (χ0v) is 18.9. The van der Waals surface area contributed by atoms with Gasteiger partial charge in [0.2, 0.25) is 10.0 Å². The Hall–Kier alpha value is -3.94. The first-order valence-electron chi connectivity index (χ1n) is 10.1. The molecule has 0 bridgehead atoms. The largest absolute Gasteiger partial charge is 0.318 e. The number of sulfonamides is 1. The van der Waals surface area contributed by atoms with Crippen LogP contribution in [0.5, 0.6) is 0 Å². The molecule has 10 heteroatoms. The molecule has 3 rings (SSSR count). The molecule has 170 valence electrons. The van der Waals surface area contributed by atoms with Crippen LogP contribution in [0, 0.1) is 25.2 Å².